The molecule has 7 heavy (non-hydrogen) atoms. The summed E-state index contributed by atoms with van der Waals surface area (Å²) in [5.74, 6) is 0.211. The zero-order chi connectivity index (χ0) is 5.86. The number of carbonyl (C=O) groups is 1. The van der Waals surface area contributed by atoms with Crippen molar-refractivity contribution < 1.29 is 4.79 Å². The van der Waals surface area contributed by atoms with Crippen LogP contribution in [0.1, 0.15) is 13.8 Å². The van der Waals surface area contributed by atoms with Crippen molar-refractivity contribution in [2.24, 2.45) is 11.7 Å². The highest BCUT2D eigenvalue weighted by atomic mass is 16.1. The Morgan fingerprint density at radius 1 is 1.86 bits per heavy atom. The van der Waals surface area contributed by atoms with Gasteiger partial charge in [-0.3, -0.25) is 4.79 Å². The van der Waals surface area contributed by atoms with Gasteiger partial charge in [0.05, 0.1) is 0 Å². The summed E-state index contributed by atoms with van der Waals surface area (Å²) in [5, 5.41) is 0. The van der Waals surface area contributed by atoms with E-state index in [1.165, 1.54) is 0 Å². The first-order valence-electron chi connectivity index (χ1n) is 2.39. The molecule has 0 aliphatic carbocycles. The minimum absolute atomic E-state index is 0.0417. The average Bonchev–Trinajstić information content (AvgIpc) is 1.65. The Hall–Kier alpha value is -0.370. The lowest BCUT2D eigenvalue weighted by Crippen LogP contribution is -2.17. The summed E-state index contributed by atoms with van der Waals surface area (Å²) in [4.78, 5) is 10.3. The lowest BCUT2D eigenvalue weighted by atomic mass is 10.1. The van der Waals surface area contributed by atoms with E-state index in [2.05, 4.69) is 0 Å². The molecule has 0 spiro atoms. The van der Waals surface area contributed by atoms with Gasteiger partial charge in [0.2, 0.25) is 0 Å². The molecule has 0 aromatic carbocycles. The highest BCUT2D eigenvalue weighted by molar-refractivity contribution is 5.77. The Kier molecular flexibility index (Phi) is 2.60. The fourth-order valence-corrected chi connectivity index (χ4v) is 0.166. The maximum Gasteiger partial charge on any atom is 0.133 e. The molecule has 1 atom stereocenters. The van der Waals surface area contributed by atoms with Crippen LogP contribution in [0.2, 0.25) is 0 Å². The van der Waals surface area contributed by atoms with Crippen molar-refractivity contribution in [2.75, 3.05) is 6.54 Å². The molecule has 0 aliphatic rings. The van der Waals surface area contributed by atoms with Gasteiger partial charge < -0.3 is 5.73 Å². The first-order chi connectivity index (χ1) is 3.18. The van der Waals surface area contributed by atoms with E-state index in [9.17, 15) is 4.79 Å². The summed E-state index contributed by atoms with van der Waals surface area (Å²) >= 11 is 0. The van der Waals surface area contributed by atoms with Crippen LogP contribution >= 0.6 is 0 Å². The smallest absolute Gasteiger partial charge is 0.133 e. The van der Waals surface area contributed by atoms with Gasteiger partial charge in [0.1, 0.15) is 5.78 Å². The standard InChI is InChI=1S/C5H11NO/c1-4(3-6)5(2)7/h4H,3,6H2,1-2H3. The van der Waals surface area contributed by atoms with Crippen LogP contribution < -0.4 is 5.73 Å². The molecule has 0 rings (SSSR count). The van der Waals surface area contributed by atoms with Crippen LogP contribution in [0.3, 0.4) is 0 Å². The molecule has 0 fully saturated rings. The monoisotopic (exact) mass is 101 g/mol. The molecule has 2 nitrogen and oxygen atoms in total. The minimum Gasteiger partial charge on any atom is -0.330 e. The van der Waals surface area contributed by atoms with Crippen molar-refractivity contribution in [2.45, 2.75) is 13.8 Å². The van der Waals surface area contributed by atoms with E-state index in [0.717, 1.165) is 0 Å². The first-order valence-corrected chi connectivity index (χ1v) is 2.39. The summed E-state index contributed by atoms with van der Waals surface area (Å²) in [6, 6.07) is 0. The molecule has 0 saturated heterocycles. The number of hydrogen-bond acceptors (Lipinski definition) is 2. The van der Waals surface area contributed by atoms with Gasteiger partial charge in [-0.05, 0) is 6.92 Å². The van der Waals surface area contributed by atoms with E-state index in [1.807, 2.05) is 6.92 Å². The topological polar surface area (TPSA) is 43.1 Å². The second-order valence-corrected chi connectivity index (χ2v) is 1.75. The van der Waals surface area contributed by atoms with Gasteiger partial charge in [-0.25, -0.2) is 0 Å². The largest absolute Gasteiger partial charge is 0.330 e. The molecule has 0 radical (unpaired) electrons. The van der Waals surface area contributed by atoms with Crippen molar-refractivity contribution in [3.8, 4) is 0 Å². The molecule has 0 aromatic heterocycles. The van der Waals surface area contributed by atoms with Gasteiger partial charge in [0.15, 0.2) is 0 Å². The van der Waals surface area contributed by atoms with Crippen LogP contribution in [0, 0.1) is 5.92 Å². The van der Waals surface area contributed by atoms with E-state index >= 15 is 0 Å². The molecule has 0 aromatic rings. The lowest BCUT2D eigenvalue weighted by molar-refractivity contribution is -0.119. The van der Waals surface area contributed by atoms with E-state index in [-0.39, 0.29) is 11.7 Å². The third-order valence-electron chi connectivity index (χ3n) is 1.05. The molecule has 42 valence electrons. The van der Waals surface area contributed by atoms with Gasteiger partial charge in [-0.2, -0.15) is 0 Å². The van der Waals surface area contributed by atoms with Gasteiger partial charge in [-0.1, -0.05) is 6.92 Å². The number of Topliss-reactive ketones (excluding diaryl/α,β-unsaturated/α-hetero) is 1. The quantitative estimate of drug-likeness (QED) is 0.538. The number of hydrogen-bond donors (Lipinski definition) is 1. The second kappa shape index (κ2) is 2.75. The van der Waals surface area contributed by atoms with Crippen LogP contribution in [-0.2, 0) is 4.79 Å². The number of nitrogens with two attached hydrogens (primary N) is 1. The highest BCUT2D eigenvalue weighted by Gasteiger charge is 2.01. The van der Waals surface area contributed by atoms with E-state index in [4.69, 9.17) is 5.73 Å². The van der Waals surface area contributed by atoms with E-state index in [0.29, 0.717) is 6.54 Å². The van der Waals surface area contributed by atoms with Gasteiger partial charge in [0.25, 0.3) is 0 Å². The second-order valence-electron chi connectivity index (χ2n) is 1.75. The Morgan fingerprint density at radius 2 is 2.29 bits per heavy atom. The predicted molar refractivity (Wildman–Crippen MR) is 28.9 cm³/mol. The molecular weight excluding hydrogens is 90.1 g/mol. The molecular formula is C5H11NO. The molecule has 0 amide bonds. The first kappa shape index (κ1) is 6.63. The molecule has 2 N–H and O–H groups in total. The van der Waals surface area contributed by atoms with Crippen molar-refractivity contribution in [3.63, 3.8) is 0 Å². The molecule has 0 bridgehead atoms. The van der Waals surface area contributed by atoms with Crippen LogP contribution in [0.25, 0.3) is 0 Å². The van der Waals surface area contributed by atoms with Gasteiger partial charge in [-0.15, -0.1) is 0 Å². The summed E-state index contributed by atoms with van der Waals surface area (Å²) in [7, 11) is 0. The van der Waals surface area contributed by atoms with Crippen LogP contribution in [0.5, 0.6) is 0 Å². The van der Waals surface area contributed by atoms with Crippen molar-refractivity contribution in [3.05, 3.63) is 0 Å². The molecule has 2 heteroatoms. The van der Waals surface area contributed by atoms with E-state index in [1.54, 1.807) is 6.92 Å². The summed E-state index contributed by atoms with van der Waals surface area (Å²) in [6.07, 6.45) is 0. The Balaban J connectivity index is 3.34. The zero-order valence-electron chi connectivity index (χ0n) is 4.77. The third kappa shape index (κ3) is 2.34. The molecule has 0 heterocycles. The van der Waals surface area contributed by atoms with Crippen LogP contribution in [0.15, 0.2) is 0 Å². The van der Waals surface area contributed by atoms with Crippen molar-refractivity contribution >= 4 is 5.78 Å². The SMILES string of the molecule is CC(=O)C(C)CN. The zero-order valence-corrected chi connectivity index (χ0v) is 4.77. The van der Waals surface area contributed by atoms with Crippen molar-refractivity contribution in [1.82, 2.24) is 0 Å². The fraction of sp³-hybridized carbons (Fsp3) is 0.800. The average molecular weight is 101 g/mol. The highest BCUT2D eigenvalue weighted by Crippen LogP contribution is 1.89. The maximum atomic E-state index is 10.3. The Morgan fingerprint density at radius 3 is 2.29 bits per heavy atom. The maximum absolute atomic E-state index is 10.3. The summed E-state index contributed by atoms with van der Waals surface area (Å²) < 4.78 is 0. The molecule has 0 saturated carbocycles. The summed E-state index contributed by atoms with van der Waals surface area (Å²) in [5.41, 5.74) is 5.15. The fourth-order valence-electron chi connectivity index (χ4n) is 0.166. The minimum atomic E-state index is 0.0417. The van der Waals surface area contributed by atoms with Crippen LogP contribution in [0.4, 0.5) is 0 Å². The van der Waals surface area contributed by atoms with Gasteiger partial charge >= 0.3 is 0 Å². The van der Waals surface area contributed by atoms with E-state index < -0.39 is 0 Å². The Bertz CT molecular complexity index is 70.5. The lowest BCUT2D eigenvalue weighted by Gasteiger charge is -1.98. The number of carbonyl (C=O) groups excluding carboxylic acids is 1. The Labute approximate surface area is 43.7 Å². The number of ketones is 1. The van der Waals surface area contributed by atoms with Gasteiger partial charge in [0, 0.05) is 12.5 Å². The molecule has 0 aliphatic heterocycles. The van der Waals surface area contributed by atoms with Crippen LogP contribution in [-0.4, -0.2) is 12.3 Å². The normalized spacial score (nSPS) is 13.6. The number of rotatable bonds is 2. The summed E-state index contributed by atoms with van der Waals surface area (Å²) in [6.45, 7) is 3.84. The third-order valence-corrected chi connectivity index (χ3v) is 1.05. The van der Waals surface area contributed by atoms with Crippen molar-refractivity contribution in [1.29, 1.82) is 0 Å². The predicted octanol–water partition coefficient (Wildman–Crippen LogP) is 0.170. The molecule has 1 unspecified atom stereocenters.